The first-order chi connectivity index (χ1) is 20.2. The first-order valence-electron chi connectivity index (χ1n) is 14.1. The number of halogens is 6. The Hall–Kier alpha value is -2.87. The van der Waals surface area contributed by atoms with Gasteiger partial charge in [0.1, 0.15) is 5.75 Å². The molecule has 2 aliphatic heterocycles. The lowest BCUT2D eigenvalue weighted by Gasteiger charge is -2.43. The molecule has 2 heterocycles. The standard InChI is InChI=1S/C30H37F6N3O4/c1-19-4-5-21(11-27(19)40)10-25-15-37(6-8-38-16-26(18-42-3)43-17-20(38)2)7-9-39(25)28(41)22-12-23(29(31,32)33)14-24(13-22)30(34,35)36/h4-5,11-14,20,25-26,40H,6-10,15-18H2,1-3H3. The Morgan fingerprint density at radius 1 is 1.00 bits per heavy atom. The number of aromatic hydroxyl groups is 1. The number of amides is 1. The summed E-state index contributed by atoms with van der Waals surface area (Å²) in [6, 6.07) is 5.68. The van der Waals surface area contributed by atoms with Crippen molar-refractivity contribution < 1.29 is 45.7 Å². The highest BCUT2D eigenvalue weighted by molar-refractivity contribution is 5.95. The van der Waals surface area contributed by atoms with Crippen LogP contribution in [0.2, 0.25) is 0 Å². The van der Waals surface area contributed by atoms with E-state index in [1.54, 1.807) is 32.2 Å². The number of nitrogens with zero attached hydrogens (tertiary/aromatic N) is 3. The lowest BCUT2D eigenvalue weighted by molar-refractivity contribution is -0.143. The average molecular weight is 618 g/mol. The molecule has 13 heteroatoms. The zero-order chi connectivity index (χ0) is 31.5. The molecule has 0 spiro atoms. The molecule has 0 saturated carbocycles. The van der Waals surface area contributed by atoms with E-state index in [-0.39, 0.29) is 36.9 Å². The Kier molecular flexibility index (Phi) is 10.3. The Labute approximate surface area is 247 Å². The highest BCUT2D eigenvalue weighted by atomic mass is 19.4. The number of carbonyl (C=O) groups is 1. The third-order valence-corrected chi connectivity index (χ3v) is 8.10. The number of aryl methyl sites for hydroxylation is 1. The van der Waals surface area contributed by atoms with Gasteiger partial charge in [0.25, 0.3) is 5.91 Å². The summed E-state index contributed by atoms with van der Waals surface area (Å²) < 4.78 is 92.2. The fourth-order valence-corrected chi connectivity index (χ4v) is 5.61. The molecule has 0 radical (unpaired) electrons. The third kappa shape index (κ3) is 8.40. The van der Waals surface area contributed by atoms with Crippen molar-refractivity contribution in [3.63, 3.8) is 0 Å². The van der Waals surface area contributed by atoms with Gasteiger partial charge in [0.2, 0.25) is 0 Å². The van der Waals surface area contributed by atoms with Gasteiger partial charge in [-0.05, 0) is 55.7 Å². The van der Waals surface area contributed by atoms with Gasteiger partial charge in [-0.3, -0.25) is 14.6 Å². The number of alkyl halides is 6. The van der Waals surface area contributed by atoms with Gasteiger partial charge >= 0.3 is 12.4 Å². The Bertz CT molecular complexity index is 1240. The van der Waals surface area contributed by atoms with Gasteiger partial charge in [0.15, 0.2) is 0 Å². The van der Waals surface area contributed by atoms with Crippen molar-refractivity contribution in [1.82, 2.24) is 14.7 Å². The smallest absolute Gasteiger partial charge is 0.416 e. The van der Waals surface area contributed by atoms with Gasteiger partial charge in [0.05, 0.1) is 30.4 Å². The summed E-state index contributed by atoms with van der Waals surface area (Å²) >= 11 is 0. The van der Waals surface area contributed by atoms with Gasteiger partial charge in [-0.25, -0.2) is 0 Å². The summed E-state index contributed by atoms with van der Waals surface area (Å²) in [7, 11) is 1.61. The zero-order valence-electron chi connectivity index (χ0n) is 24.3. The quantitative estimate of drug-likeness (QED) is 0.428. The monoisotopic (exact) mass is 617 g/mol. The van der Waals surface area contributed by atoms with Crippen molar-refractivity contribution in [2.75, 3.05) is 59.6 Å². The molecule has 2 saturated heterocycles. The fourth-order valence-electron chi connectivity index (χ4n) is 5.61. The molecule has 0 aliphatic carbocycles. The molecule has 0 bridgehead atoms. The van der Waals surface area contributed by atoms with Gasteiger partial charge in [-0.1, -0.05) is 12.1 Å². The molecule has 2 aromatic carbocycles. The molecule has 2 fully saturated rings. The van der Waals surface area contributed by atoms with E-state index in [1.165, 1.54) is 4.90 Å². The maximum atomic E-state index is 13.6. The zero-order valence-corrected chi connectivity index (χ0v) is 24.3. The number of carbonyl (C=O) groups excluding carboxylic acids is 1. The lowest BCUT2D eigenvalue weighted by atomic mass is 9.98. The minimum absolute atomic E-state index is 0.0189. The maximum absolute atomic E-state index is 13.6. The van der Waals surface area contributed by atoms with Crippen LogP contribution in [0.25, 0.3) is 0 Å². The molecular weight excluding hydrogens is 580 g/mol. The van der Waals surface area contributed by atoms with E-state index in [0.717, 1.165) is 0 Å². The Morgan fingerprint density at radius 3 is 2.28 bits per heavy atom. The van der Waals surface area contributed by atoms with Crippen LogP contribution in [0.5, 0.6) is 5.75 Å². The number of rotatable bonds is 8. The van der Waals surface area contributed by atoms with E-state index in [9.17, 15) is 36.2 Å². The van der Waals surface area contributed by atoms with Crippen molar-refractivity contribution in [3.05, 3.63) is 64.2 Å². The molecule has 2 aromatic rings. The number of benzene rings is 2. The van der Waals surface area contributed by atoms with E-state index in [2.05, 4.69) is 16.7 Å². The Morgan fingerprint density at radius 2 is 1.67 bits per heavy atom. The number of morpholine rings is 1. The molecule has 1 N–H and O–H groups in total. The topological polar surface area (TPSA) is 65.5 Å². The van der Waals surface area contributed by atoms with Crippen LogP contribution in [-0.2, 0) is 28.2 Å². The SMILES string of the molecule is COCC1CN(CCN2CCN(C(=O)c3cc(C(F)(F)F)cc(C(F)(F)F)c3)C(Cc3ccc(C)c(O)c3)C2)C(C)CO1. The summed E-state index contributed by atoms with van der Waals surface area (Å²) in [5, 5.41) is 10.2. The summed E-state index contributed by atoms with van der Waals surface area (Å²) in [5.41, 5.74) is -2.39. The number of ether oxygens (including phenoxy) is 2. The van der Waals surface area contributed by atoms with Gasteiger partial charge < -0.3 is 19.5 Å². The van der Waals surface area contributed by atoms with Crippen LogP contribution in [0, 0.1) is 6.92 Å². The van der Waals surface area contributed by atoms with Gasteiger partial charge in [0, 0.05) is 64.0 Å². The molecule has 7 nitrogen and oxygen atoms in total. The second kappa shape index (κ2) is 13.4. The number of phenols is 1. The number of methoxy groups -OCH3 is 1. The predicted molar refractivity (Wildman–Crippen MR) is 147 cm³/mol. The number of piperazine rings is 1. The molecule has 2 aliphatic rings. The van der Waals surface area contributed by atoms with Crippen LogP contribution in [0.15, 0.2) is 36.4 Å². The van der Waals surface area contributed by atoms with Crippen molar-refractivity contribution >= 4 is 5.91 Å². The molecule has 0 aromatic heterocycles. The van der Waals surface area contributed by atoms with Crippen LogP contribution in [0.3, 0.4) is 0 Å². The molecule has 3 atom stereocenters. The van der Waals surface area contributed by atoms with E-state index in [1.807, 2.05) is 0 Å². The van der Waals surface area contributed by atoms with E-state index >= 15 is 0 Å². The van der Waals surface area contributed by atoms with Crippen LogP contribution < -0.4 is 0 Å². The second-order valence-corrected chi connectivity index (χ2v) is 11.3. The second-order valence-electron chi connectivity index (χ2n) is 11.3. The molecule has 238 valence electrons. The van der Waals surface area contributed by atoms with Crippen LogP contribution in [-0.4, -0.2) is 103 Å². The highest BCUT2D eigenvalue weighted by Crippen LogP contribution is 2.37. The van der Waals surface area contributed by atoms with E-state index < -0.39 is 41.0 Å². The van der Waals surface area contributed by atoms with Crippen molar-refractivity contribution in [2.45, 2.75) is 50.8 Å². The minimum atomic E-state index is -5.06. The molecular formula is C30H37F6N3O4. The highest BCUT2D eigenvalue weighted by Gasteiger charge is 2.39. The summed E-state index contributed by atoms with van der Waals surface area (Å²) in [4.78, 5) is 19.4. The van der Waals surface area contributed by atoms with Crippen LogP contribution in [0.4, 0.5) is 26.3 Å². The number of phenolic OH excluding ortho intramolecular Hbond substituents is 1. The number of hydrogen-bond donors (Lipinski definition) is 1. The molecule has 43 heavy (non-hydrogen) atoms. The first kappa shape index (κ1) is 33.0. The summed E-state index contributed by atoms with van der Waals surface area (Å²) in [6.45, 7) is 7.74. The maximum Gasteiger partial charge on any atom is 0.416 e. The van der Waals surface area contributed by atoms with Gasteiger partial charge in [-0.2, -0.15) is 26.3 Å². The largest absolute Gasteiger partial charge is 0.508 e. The number of hydrogen-bond acceptors (Lipinski definition) is 6. The molecule has 1 amide bonds. The van der Waals surface area contributed by atoms with E-state index in [4.69, 9.17) is 9.47 Å². The van der Waals surface area contributed by atoms with Crippen molar-refractivity contribution in [1.29, 1.82) is 0 Å². The van der Waals surface area contributed by atoms with Crippen LogP contribution >= 0.6 is 0 Å². The van der Waals surface area contributed by atoms with E-state index in [0.29, 0.717) is 69.2 Å². The Balaban J connectivity index is 1.57. The lowest BCUT2D eigenvalue weighted by Crippen LogP contribution is -2.58. The third-order valence-electron chi connectivity index (χ3n) is 8.10. The first-order valence-corrected chi connectivity index (χ1v) is 14.1. The summed E-state index contributed by atoms with van der Waals surface area (Å²) in [5.74, 6) is -0.843. The molecule has 4 rings (SSSR count). The normalized spacial score (nSPS) is 22.6. The van der Waals surface area contributed by atoms with Crippen LogP contribution in [0.1, 0.15) is 39.5 Å². The van der Waals surface area contributed by atoms with Gasteiger partial charge in [-0.15, -0.1) is 0 Å². The summed E-state index contributed by atoms with van der Waals surface area (Å²) in [6.07, 6.45) is -9.92. The van der Waals surface area contributed by atoms with Crippen molar-refractivity contribution in [3.8, 4) is 5.75 Å². The predicted octanol–water partition coefficient (Wildman–Crippen LogP) is 4.84. The minimum Gasteiger partial charge on any atom is -0.508 e. The molecule has 3 unspecified atom stereocenters. The fraction of sp³-hybridized carbons (Fsp3) is 0.567. The van der Waals surface area contributed by atoms with Crippen molar-refractivity contribution in [2.24, 2.45) is 0 Å². The average Bonchev–Trinajstić information content (AvgIpc) is 2.94.